The van der Waals surface area contributed by atoms with Crippen molar-refractivity contribution in [2.75, 3.05) is 5.73 Å². The SMILES string of the molecule is Nc1cc(-c2cc(Cl)ccc2Oc2c(Cl)cc(-c3nncs3)c(F)c2S(N)(=O)=O)ccn1. The van der Waals surface area contributed by atoms with Gasteiger partial charge in [-0.05, 0) is 42.0 Å². The second-order valence-corrected chi connectivity index (χ2v) is 9.55. The Bertz CT molecular complexity index is 1430. The van der Waals surface area contributed by atoms with Crippen molar-refractivity contribution < 1.29 is 17.5 Å². The number of nitrogen functional groups attached to an aromatic ring is 1. The number of ether oxygens (including phenoxy) is 1. The number of benzene rings is 2. The third kappa shape index (κ3) is 4.38. The van der Waals surface area contributed by atoms with Crippen LogP contribution in [-0.4, -0.2) is 23.6 Å². The lowest BCUT2D eigenvalue weighted by molar-refractivity contribution is 0.456. The minimum absolute atomic E-state index is 0.125. The fourth-order valence-electron chi connectivity index (χ4n) is 2.92. The van der Waals surface area contributed by atoms with Crippen molar-refractivity contribution in [2.24, 2.45) is 5.14 Å². The molecule has 4 rings (SSSR count). The van der Waals surface area contributed by atoms with E-state index in [4.69, 9.17) is 38.8 Å². The Hall–Kier alpha value is -2.83. The summed E-state index contributed by atoms with van der Waals surface area (Å²) in [6.45, 7) is 0. The average molecular weight is 512 g/mol. The minimum Gasteiger partial charge on any atom is -0.454 e. The number of halogens is 3. The van der Waals surface area contributed by atoms with Crippen molar-refractivity contribution in [1.29, 1.82) is 0 Å². The van der Waals surface area contributed by atoms with Gasteiger partial charge in [0.15, 0.2) is 21.5 Å². The lowest BCUT2D eigenvalue weighted by Crippen LogP contribution is -2.16. The summed E-state index contributed by atoms with van der Waals surface area (Å²) in [5.41, 5.74) is 7.97. The number of pyridine rings is 1. The first-order valence-electron chi connectivity index (χ1n) is 8.66. The smallest absolute Gasteiger partial charge is 0.244 e. The van der Waals surface area contributed by atoms with Gasteiger partial charge in [-0.15, -0.1) is 10.2 Å². The molecule has 0 bridgehead atoms. The second kappa shape index (κ2) is 8.60. The minimum atomic E-state index is -4.60. The van der Waals surface area contributed by atoms with E-state index < -0.39 is 26.5 Å². The predicted octanol–water partition coefficient (Wildman–Crippen LogP) is 4.73. The van der Waals surface area contributed by atoms with Crippen molar-refractivity contribution in [3.8, 4) is 33.2 Å². The van der Waals surface area contributed by atoms with Crippen LogP contribution in [-0.2, 0) is 10.0 Å². The number of nitrogens with two attached hydrogens (primary N) is 2. The molecule has 0 aliphatic rings. The highest BCUT2D eigenvalue weighted by Crippen LogP contribution is 2.44. The Labute approximate surface area is 195 Å². The van der Waals surface area contributed by atoms with Crippen molar-refractivity contribution in [3.63, 3.8) is 0 Å². The molecule has 164 valence electrons. The van der Waals surface area contributed by atoms with Crippen molar-refractivity contribution in [1.82, 2.24) is 15.2 Å². The maximum absolute atomic E-state index is 15.3. The molecule has 0 spiro atoms. The molecule has 0 aliphatic carbocycles. The first-order valence-corrected chi connectivity index (χ1v) is 11.8. The number of hydrogen-bond acceptors (Lipinski definition) is 8. The Balaban J connectivity index is 1.92. The highest BCUT2D eigenvalue weighted by Gasteiger charge is 2.29. The summed E-state index contributed by atoms with van der Waals surface area (Å²) >= 11 is 13.5. The van der Waals surface area contributed by atoms with Crippen LogP contribution < -0.4 is 15.6 Å². The number of nitrogens with zero attached hydrogens (tertiary/aromatic N) is 3. The van der Waals surface area contributed by atoms with Gasteiger partial charge in [0, 0.05) is 16.8 Å². The van der Waals surface area contributed by atoms with E-state index in [1.54, 1.807) is 18.2 Å². The molecule has 32 heavy (non-hydrogen) atoms. The first kappa shape index (κ1) is 22.4. The molecule has 2 aromatic carbocycles. The van der Waals surface area contributed by atoms with Crippen molar-refractivity contribution >= 4 is 50.4 Å². The molecule has 0 saturated heterocycles. The molecular weight excluding hydrogens is 500 g/mol. The topological polar surface area (TPSA) is 134 Å². The lowest BCUT2D eigenvalue weighted by Gasteiger charge is -2.17. The van der Waals surface area contributed by atoms with Crippen LogP contribution in [0.2, 0.25) is 10.0 Å². The molecule has 0 amide bonds. The summed E-state index contributed by atoms with van der Waals surface area (Å²) in [7, 11) is -4.60. The third-order valence-electron chi connectivity index (χ3n) is 4.25. The molecule has 4 N–H and O–H groups in total. The van der Waals surface area contributed by atoms with E-state index in [1.165, 1.54) is 29.9 Å². The molecule has 0 saturated carbocycles. The van der Waals surface area contributed by atoms with Crippen LogP contribution in [0.3, 0.4) is 0 Å². The maximum Gasteiger partial charge on any atom is 0.244 e. The van der Waals surface area contributed by atoms with Crippen LogP contribution in [0.25, 0.3) is 21.7 Å². The number of rotatable bonds is 5. The Morgan fingerprint density at radius 3 is 2.53 bits per heavy atom. The number of aromatic nitrogens is 3. The largest absolute Gasteiger partial charge is 0.454 e. The number of primary sulfonamides is 1. The van der Waals surface area contributed by atoms with Gasteiger partial charge in [-0.25, -0.2) is 22.9 Å². The van der Waals surface area contributed by atoms with Crippen LogP contribution >= 0.6 is 34.5 Å². The monoisotopic (exact) mass is 511 g/mol. The van der Waals surface area contributed by atoms with E-state index in [1.807, 2.05) is 0 Å². The van der Waals surface area contributed by atoms with E-state index in [9.17, 15) is 8.42 Å². The molecule has 2 aromatic heterocycles. The molecular formula is C19H12Cl2FN5O3S2. The van der Waals surface area contributed by atoms with Crippen LogP contribution in [0.4, 0.5) is 10.2 Å². The van der Waals surface area contributed by atoms with Gasteiger partial charge in [0.05, 0.1) is 10.6 Å². The summed E-state index contributed by atoms with van der Waals surface area (Å²) in [5.74, 6) is -1.27. The zero-order valence-electron chi connectivity index (χ0n) is 15.8. The van der Waals surface area contributed by atoms with Crippen LogP contribution in [0.5, 0.6) is 11.5 Å². The average Bonchev–Trinajstić information content (AvgIpc) is 3.25. The van der Waals surface area contributed by atoms with Gasteiger partial charge in [0.25, 0.3) is 0 Å². The van der Waals surface area contributed by atoms with E-state index in [-0.39, 0.29) is 27.2 Å². The molecule has 0 atom stereocenters. The summed E-state index contributed by atoms with van der Waals surface area (Å²) in [5, 5.41) is 13.0. The van der Waals surface area contributed by atoms with E-state index in [2.05, 4.69) is 15.2 Å². The fourth-order valence-corrected chi connectivity index (χ4v) is 4.73. The highest BCUT2D eigenvalue weighted by atomic mass is 35.5. The number of hydrogen-bond donors (Lipinski definition) is 2. The van der Waals surface area contributed by atoms with Gasteiger partial charge in [-0.3, -0.25) is 0 Å². The van der Waals surface area contributed by atoms with Crippen LogP contribution in [0.15, 0.2) is 53.0 Å². The summed E-state index contributed by atoms with van der Waals surface area (Å²) in [4.78, 5) is 3.02. The molecule has 0 unspecified atom stereocenters. The maximum atomic E-state index is 15.3. The molecule has 0 aliphatic heterocycles. The Morgan fingerprint density at radius 1 is 1.09 bits per heavy atom. The standard InChI is InChI=1S/C19H12Cl2FN5O3S2/c20-10-1-2-14(11(6-10)9-3-4-25-15(23)5-9)30-17-13(21)7-12(19-27-26-8-31-19)16(22)18(17)32(24,28)29/h1-8H,(H2,23,25)(H2,24,28,29). The highest BCUT2D eigenvalue weighted by molar-refractivity contribution is 7.89. The van der Waals surface area contributed by atoms with Crippen molar-refractivity contribution in [3.05, 3.63) is 64.0 Å². The summed E-state index contributed by atoms with van der Waals surface area (Å²) in [6, 6.07) is 8.98. The normalized spacial score (nSPS) is 11.5. The molecule has 0 fully saturated rings. The van der Waals surface area contributed by atoms with Crippen LogP contribution in [0.1, 0.15) is 0 Å². The first-order chi connectivity index (χ1) is 15.1. The zero-order valence-corrected chi connectivity index (χ0v) is 18.9. The fraction of sp³-hybridized carbons (Fsp3) is 0. The van der Waals surface area contributed by atoms with Gasteiger partial charge >= 0.3 is 0 Å². The van der Waals surface area contributed by atoms with Gasteiger partial charge in [0.1, 0.15) is 17.1 Å². The third-order valence-corrected chi connectivity index (χ3v) is 6.42. The number of anilines is 1. The molecule has 8 nitrogen and oxygen atoms in total. The van der Waals surface area contributed by atoms with Gasteiger partial charge < -0.3 is 10.5 Å². The van der Waals surface area contributed by atoms with E-state index >= 15 is 4.39 Å². The molecule has 2 heterocycles. The molecule has 4 aromatic rings. The predicted molar refractivity (Wildman–Crippen MR) is 121 cm³/mol. The number of sulfonamides is 1. The van der Waals surface area contributed by atoms with E-state index in [0.717, 1.165) is 11.3 Å². The quantitative estimate of drug-likeness (QED) is 0.395. The Kier molecular flexibility index (Phi) is 6.01. The second-order valence-electron chi connectivity index (χ2n) is 6.38. The summed E-state index contributed by atoms with van der Waals surface area (Å²) < 4.78 is 45.8. The summed E-state index contributed by atoms with van der Waals surface area (Å²) in [6.07, 6.45) is 1.48. The zero-order chi connectivity index (χ0) is 23.0. The molecule has 13 heteroatoms. The van der Waals surface area contributed by atoms with E-state index in [0.29, 0.717) is 16.1 Å². The van der Waals surface area contributed by atoms with Gasteiger partial charge in [-0.1, -0.05) is 34.5 Å². The lowest BCUT2D eigenvalue weighted by atomic mass is 10.1. The van der Waals surface area contributed by atoms with Crippen molar-refractivity contribution in [2.45, 2.75) is 4.90 Å². The molecule has 0 radical (unpaired) electrons. The van der Waals surface area contributed by atoms with Gasteiger partial charge in [0.2, 0.25) is 10.0 Å². The van der Waals surface area contributed by atoms with Gasteiger partial charge in [-0.2, -0.15) is 0 Å². The van der Waals surface area contributed by atoms with Crippen LogP contribution in [0, 0.1) is 5.82 Å². The Morgan fingerprint density at radius 2 is 1.88 bits per heavy atom.